The van der Waals surface area contributed by atoms with Crippen LogP contribution >= 0.6 is 0 Å². The van der Waals surface area contributed by atoms with Crippen molar-refractivity contribution in [1.29, 1.82) is 0 Å². The van der Waals surface area contributed by atoms with Gasteiger partial charge in [-0.25, -0.2) is 0 Å². The minimum Gasteiger partial charge on any atom is -0.495 e. The SMILES string of the molecule is CN=C(NCCCC1CC1)NC1CCCN(c2ccccc2OC)C1. The number of hydrogen-bond acceptors (Lipinski definition) is 3. The molecule has 0 amide bonds. The van der Waals surface area contributed by atoms with E-state index in [1.165, 1.54) is 44.2 Å². The smallest absolute Gasteiger partial charge is 0.191 e. The van der Waals surface area contributed by atoms with E-state index in [0.717, 1.165) is 37.3 Å². The molecule has 0 radical (unpaired) electrons. The van der Waals surface area contributed by atoms with E-state index < -0.39 is 0 Å². The van der Waals surface area contributed by atoms with Gasteiger partial charge in [0.15, 0.2) is 5.96 Å². The average Bonchev–Trinajstić information content (AvgIpc) is 3.48. The summed E-state index contributed by atoms with van der Waals surface area (Å²) in [6.45, 7) is 3.06. The maximum Gasteiger partial charge on any atom is 0.191 e. The van der Waals surface area contributed by atoms with Gasteiger partial charge in [-0.05, 0) is 43.7 Å². The predicted molar refractivity (Wildman–Crippen MR) is 105 cm³/mol. The number of hydrogen-bond donors (Lipinski definition) is 2. The summed E-state index contributed by atoms with van der Waals surface area (Å²) < 4.78 is 5.53. The quantitative estimate of drug-likeness (QED) is 0.453. The lowest BCUT2D eigenvalue weighted by Crippen LogP contribution is -2.51. The van der Waals surface area contributed by atoms with Crippen molar-refractivity contribution in [2.45, 2.75) is 44.6 Å². The fourth-order valence-corrected chi connectivity index (χ4v) is 3.60. The van der Waals surface area contributed by atoms with E-state index in [4.69, 9.17) is 4.74 Å². The Morgan fingerprint density at radius 3 is 2.88 bits per heavy atom. The number of nitrogens with one attached hydrogen (secondary N) is 2. The molecule has 138 valence electrons. The van der Waals surface area contributed by atoms with Crippen molar-refractivity contribution in [2.75, 3.05) is 38.7 Å². The lowest BCUT2D eigenvalue weighted by molar-refractivity contribution is 0.408. The molecule has 1 aliphatic heterocycles. The second-order valence-corrected chi connectivity index (χ2v) is 7.19. The Hall–Kier alpha value is -1.91. The van der Waals surface area contributed by atoms with Gasteiger partial charge in [0.05, 0.1) is 12.8 Å². The lowest BCUT2D eigenvalue weighted by Gasteiger charge is -2.36. The van der Waals surface area contributed by atoms with Gasteiger partial charge in [-0.3, -0.25) is 4.99 Å². The Labute approximate surface area is 151 Å². The normalized spacial score (nSPS) is 21.1. The summed E-state index contributed by atoms with van der Waals surface area (Å²) in [5.41, 5.74) is 1.18. The zero-order valence-electron chi connectivity index (χ0n) is 15.6. The summed E-state index contributed by atoms with van der Waals surface area (Å²) in [6, 6.07) is 8.69. The molecule has 2 N–H and O–H groups in total. The number of methoxy groups -OCH3 is 1. The minimum absolute atomic E-state index is 0.410. The van der Waals surface area contributed by atoms with Crippen LogP contribution < -0.4 is 20.3 Å². The maximum atomic E-state index is 5.53. The number of rotatable bonds is 7. The molecule has 25 heavy (non-hydrogen) atoms. The van der Waals surface area contributed by atoms with E-state index in [0.29, 0.717) is 6.04 Å². The van der Waals surface area contributed by atoms with E-state index in [-0.39, 0.29) is 0 Å². The van der Waals surface area contributed by atoms with Crippen LogP contribution in [0.5, 0.6) is 5.75 Å². The summed E-state index contributed by atoms with van der Waals surface area (Å²) in [4.78, 5) is 6.81. The molecular weight excluding hydrogens is 312 g/mol. The van der Waals surface area contributed by atoms with E-state index in [9.17, 15) is 0 Å². The summed E-state index contributed by atoms with van der Waals surface area (Å²) in [5.74, 6) is 2.89. The van der Waals surface area contributed by atoms with Gasteiger partial charge in [0, 0.05) is 32.7 Å². The Morgan fingerprint density at radius 2 is 2.12 bits per heavy atom. The van der Waals surface area contributed by atoms with Gasteiger partial charge in [-0.1, -0.05) is 25.0 Å². The molecule has 2 aliphatic rings. The van der Waals surface area contributed by atoms with E-state index in [1.807, 2.05) is 19.2 Å². The van der Waals surface area contributed by atoms with Crippen LogP contribution in [0.1, 0.15) is 38.5 Å². The monoisotopic (exact) mass is 344 g/mol. The molecule has 0 aromatic heterocycles. The number of aliphatic imine (C=N–C) groups is 1. The number of nitrogens with zero attached hydrogens (tertiary/aromatic N) is 2. The largest absolute Gasteiger partial charge is 0.495 e. The van der Waals surface area contributed by atoms with Crippen LogP contribution in [0.4, 0.5) is 5.69 Å². The molecule has 1 aliphatic carbocycles. The highest BCUT2D eigenvalue weighted by Gasteiger charge is 2.23. The van der Waals surface area contributed by atoms with Crippen molar-refractivity contribution in [3.63, 3.8) is 0 Å². The average molecular weight is 345 g/mol. The number of piperidine rings is 1. The van der Waals surface area contributed by atoms with Crippen LogP contribution in [-0.4, -0.2) is 45.8 Å². The van der Waals surface area contributed by atoms with Crippen molar-refractivity contribution in [1.82, 2.24) is 10.6 Å². The first-order valence-corrected chi connectivity index (χ1v) is 9.65. The molecule has 0 bridgehead atoms. The van der Waals surface area contributed by atoms with Crippen molar-refractivity contribution < 1.29 is 4.74 Å². The highest BCUT2D eigenvalue weighted by atomic mass is 16.5. The Morgan fingerprint density at radius 1 is 1.28 bits per heavy atom. The third-order valence-corrected chi connectivity index (χ3v) is 5.19. The van der Waals surface area contributed by atoms with Gasteiger partial charge >= 0.3 is 0 Å². The molecule has 1 saturated carbocycles. The third-order valence-electron chi connectivity index (χ3n) is 5.19. The van der Waals surface area contributed by atoms with Gasteiger partial charge in [-0.15, -0.1) is 0 Å². The fourth-order valence-electron chi connectivity index (χ4n) is 3.60. The van der Waals surface area contributed by atoms with Crippen molar-refractivity contribution in [2.24, 2.45) is 10.9 Å². The molecular formula is C20H32N4O. The number of benzene rings is 1. The van der Waals surface area contributed by atoms with Crippen LogP contribution in [0.3, 0.4) is 0 Å². The molecule has 5 heteroatoms. The summed E-state index contributed by atoms with van der Waals surface area (Å²) in [6.07, 6.45) is 7.82. The summed E-state index contributed by atoms with van der Waals surface area (Å²) in [5, 5.41) is 7.08. The molecule has 5 nitrogen and oxygen atoms in total. The molecule has 1 atom stereocenters. The van der Waals surface area contributed by atoms with E-state index in [2.05, 4.69) is 32.7 Å². The Kier molecular flexibility index (Phi) is 6.42. The van der Waals surface area contributed by atoms with Gasteiger partial charge in [0.1, 0.15) is 5.75 Å². The minimum atomic E-state index is 0.410. The number of para-hydroxylation sites is 2. The van der Waals surface area contributed by atoms with Gasteiger partial charge in [0.25, 0.3) is 0 Å². The summed E-state index contributed by atoms with van der Waals surface area (Å²) >= 11 is 0. The zero-order chi connectivity index (χ0) is 17.5. The molecule has 1 unspecified atom stereocenters. The zero-order valence-corrected chi connectivity index (χ0v) is 15.6. The maximum absolute atomic E-state index is 5.53. The highest BCUT2D eigenvalue weighted by molar-refractivity contribution is 5.80. The van der Waals surface area contributed by atoms with E-state index >= 15 is 0 Å². The highest BCUT2D eigenvalue weighted by Crippen LogP contribution is 2.33. The van der Waals surface area contributed by atoms with Gasteiger partial charge < -0.3 is 20.3 Å². The number of guanidine groups is 1. The molecule has 1 aromatic rings. The first kappa shape index (κ1) is 17.9. The van der Waals surface area contributed by atoms with Gasteiger partial charge in [0.2, 0.25) is 0 Å². The molecule has 1 aromatic carbocycles. The first-order valence-electron chi connectivity index (χ1n) is 9.65. The molecule has 1 saturated heterocycles. The van der Waals surface area contributed by atoms with Crippen LogP contribution in [0.15, 0.2) is 29.3 Å². The lowest BCUT2D eigenvalue weighted by atomic mass is 10.0. The van der Waals surface area contributed by atoms with Crippen molar-refractivity contribution in [3.8, 4) is 5.75 Å². The number of ether oxygens (including phenoxy) is 1. The van der Waals surface area contributed by atoms with Crippen LogP contribution in [0, 0.1) is 5.92 Å². The molecule has 1 heterocycles. The predicted octanol–water partition coefficient (Wildman–Crippen LogP) is 3.02. The third kappa shape index (κ3) is 5.28. The second-order valence-electron chi connectivity index (χ2n) is 7.19. The second kappa shape index (κ2) is 8.97. The fraction of sp³-hybridized carbons (Fsp3) is 0.650. The molecule has 0 spiro atoms. The number of anilines is 1. The first-order chi connectivity index (χ1) is 12.3. The van der Waals surface area contributed by atoms with Crippen molar-refractivity contribution >= 4 is 11.6 Å². The van der Waals surface area contributed by atoms with E-state index in [1.54, 1.807) is 7.11 Å². The van der Waals surface area contributed by atoms with Crippen molar-refractivity contribution in [3.05, 3.63) is 24.3 Å². The molecule has 2 fully saturated rings. The van der Waals surface area contributed by atoms with Crippen LogP contribution in [-0.2, 0) is 0 Å². The summed E-state index contributed by atoms with van der Waals surface area (Å²) in [7, 11) is 3.60. The molecule has 3 rings (SSSR count). The standard InChI is InChI=1S/C20H32N4O/c1-21-20(22-13-5-7-16-11-12-16)23-17-8-6-14-24(15-17)18-9-3-4-10-19(18)25-2/h3-4,9-10,16-17H,5-8,11-15H2,1-2H3,(H2,21,22,23). The van der Waals surface area contributed by atoms with Crippen LogP contribution in [0.2, 0.25) is 0 Å². The van der Waals surface area contributed by atoms with Crippen LogP contribution in [0.25, 0.3) is 0 Å². The van der Waals surface area contributed by atoms with Gasteiger partial charge in [-0.2, -0.15) is 0 Å². The Bertz CT molecular complexity index is 571. The topological polar surface area (TPSA) is 48.9 Å². The Balaban J connectivity index is 1.49.